The molecule has 5 nitrogen and oxygen atoms in total. The first-order valence-electron chi connectivity index (χ1n) is 14.9. The summed E-state index contributed by atoms with van der Waals surface area (Å²) in [5.41, 5.74) is 4.51. The van der Waals surface area contributed by atoms with Crippen LogP contribution in [-0.2, 0) is 10.2 Å². The number of hydrogen-bond acceptors (Lipinski definition) is 4. The number of fused-ring (bicyclic) bond motifs is 3. The molecule has 2 aliphatic rings. The van der Waals surface area contributed by atoms with Gasteiger partial charge in [0, 0.05) is 37.9 Å². The van der Waals surface area contributed by atoms with Gasteiger partial charge in [-0.25, -0.2) is 4.98 Å². The van der Waals surface area contributed by atoms with Crippen molar-refractivity contribution in [2.45, 2.75) is 30.9 Å². The van der Waals surface area contributed by atoms with E-state index in [-0.39, 0.29) is 0 Å². The van der Waals surface area contributed by atoms with Gasteiger partial charge in [-0.3, -0.25) is 9.69 Å². The van der Waals surface area contributed by atoms with E-state index in [9.17, 15) is 18.0 Å². The largest absolute Gasteiger partial charge is 0.405 e. The number of halogens is 3. The Morgan fingerprint density at radius 1 is 0.767 bits per heavy atom. The summed E-state index contributed by atoms with van der Waals surface area (Å²) in [5, 5.41) is 2.22. The molecule has 3 aromatic carbocycles. The quantitative estimate of drug-likeness (QED) is 0.223. The number of hydrogen-bond donors (Lipinski definition) is 1. The second-order valence-corrected chi connectivity index (χ2v) is 11.4. The van der Waals surface area contributed by atoms with Crippen LogP contribution in [0.5, 0.6) is 0 Å². The van der Waals surface area contributed by atoms with E-state index in [4.69, 9.17) is 4.98 Å². The van der Waals surface area contributed by atoms with Crippen molar-refractivity contribution in [3.63, 3.8) is 0 Å². The Bertz CT molecular complexity index is 1500. The van der Waals surface area contributed by atoms with Gasteiger partial charge in [-0.1, -0.05) is 85.3 Å². The van der Waals surface area contributed by atoms with Crippen molar-refractivity contribution in [1.29, 1.82) is 0 Å². The maximum Gasteiger partial charge on any atom is 0.405 e. The van der Waals surface area contributed by atoms with Crippen LogP contribution in [0.1, 0.15) is 30.4 Å². The first-order chi connectivity index (χ1) is 20.8. The topological polar surface area (TPSA) is 48.5 Å². The first kappa shape index (κ1) is 28.9. The van der Waals surface area contributed by atoms with Crippen LogP contribution in [0.4, 0.5) is 19.0 Å². The molecule has 0 unspecified atom stereocenters. The molecule has 1 N–H and O–H groups in total. The number of rotatable bonds is 9. The molecule has 222 valence electrons. The summed E-state index contributed by atoms with van der Waals surface area (Å²) < 4.78 is 39.4. The third-order valence-electron chi connectivity index (χ3n) is 8.73. The second-order valence-electron chi connectivity index (χ2n) is 11.4. The summed E-state index contributed by atoms with van der Waals surface area (Å²) in [5.74, 6) is 0.395. The van der Waals surface area contributed by atoms with E-state index in [1.165, 1.54) is 0 Å². The number of benzene rings is 3. The number of amides is 1. The fourth-order valence-electron chi connectivity index (χ4n) is 6.58. The number of alkyl halides is 3. The molecule has 1 aliphatic heterocycles. The fourth-order valence-corrected chi connectivity index (χ4v) is 6.58. The van der Waals surface area contributed by atoms with Gasteiger partial charge in [-0.05, 0) is 59.3 Å². The molecule has 8 heteroatoms. The lowest BCUT2D eigenvalue weighted by Crippen LogP contribution is -2.47. The highest BCUT2D eigenvalue weighted by Crippen LogP contribution is 2.51. The Hall–Kier alpha value is -4.17. The lowest BCUT2D eigenvalue weighted by atomic mass is 9.73. The number of aromatic nitrogens is 1. The minimum absolute atomic E-state index is 0.447. The summed E-state index contributed by atoms with van der Waals surface area (Å²) in [6, 6.07) is 29.6. The number of piperazine rings is 1. The van der Waals surface area contributed by atoms with Gasteiger partial charge >= 0.3 is 6.18 Å². The van der Waals surface area contributed by atoms with Crippen LogP contribution in [0.15, 0.2) is 97.2 Å². The van der Waals surface area contributed by atoms with Crippen molar-refractivity contribution in [2.24, 2.45) is 0 Å². The van der Waals surface area contributed by atoms with Gasteiger partial charge in [0.1, 0.15) is 17.8 Å². The number of anilines is 1. The number of nitrogens with one attached hydrogen (secondary N) is 1. The van der Waals surface area contributed by atoms with Crippen LogP contribution in [0.3, 0.4) is 0 Å². The molecular formula is C35H35F3N4O. The van der Waals surface area contributed by atoms with Gasteiger partial charge in [0.05, 0.1) is 0 Å². The number of pyridine rings is 1. The highest BCUT2D eigenvalue weighted by Gasteiger charge is 2.49. The van der Waals surface area contributed by atoms with Gasteiger partial charge in [0.25, 0.3) is 0 Å². The minimum atomic E-state index is -4.48. The Balaban J connectivity index is 1.08. The fraction of sp³-hybridized carbons (Fsp3) is 0.314. The van der Waals surface area contributed by atoms with E-state index in [1.807, 2.05) is 72.9 Å². The summed E-state index contributed by atoms with van der Waals surface area (Å²) in [7, 11) is 0. The van der Waals surface area contributed by atoms with E-state index in [0.29, 0.717) is 12.8 Å². The average Bonchev–Trinajstić information content (AvgIpc) is 3.33. The Morgan fingerprint density at radius 3 is 2.00 bits per heavy atom. The third kappa shape index (κ3) is 6.02. The number of carbonyl (C=O) groups is 1. The van der Waals surface area contributed by atoms with Gasteiger partial charge < -0.3 is 10.2 Å². The minimum Gasteiger partial charge on any atom is -0.354 e. The molecule has 4 aromatic rings. The molecule has 0 spiro atoms. The third-order valence-corrected chi connectivity index (χ3v) is 8.73. The lowest BCUT2D eigenvalue weighted by Gasteiger charge is -2.36. The maximum absolute atomic E-state index is 13.7. The van der Waals surface area contributed by atoms with Crippen LogP contribution < -0.4 is 10.2 Å². The van der Waals surface area contributed by atoms with Crippen LogP contribution >= 0.6 is 0 Å². The Morgan fingerprint density at radius 2 is 1.40 bits per heavy atom. The molecule has 1 fully saturated rings. The van der Waals surface area contributed by atoms with E-state index >= 15 is 0 Å². The summed E-state index contributed by atoms with van der Waals surface area (Å²) in [6.07, 6.45) is -0.539. The molecule has 2 heterocycles. The van der Waals surface area contributed by atoms with Crippen LogP contribution in [-0.4, -0.2) is 61.2 Å². The monoisotopic (exact) mass is 584 g/mol. The van der Waals surface area contributed by atoms with E-state index in [1.54, 1.807) is 0 Å². The predicted molar refractivity (Wildman–Crippen MR) is 164 cm³/mol. The number of unbranched alkanes of at least 4 members (excludes halogenated alkanes) is 1. The molecule has 0 saturated carbocycles. The normalized spacial score (nSPS) is 16.0. The molecular weight excluding hydrogens is 549 g/mol. The van der Waals surface area contributed by atoms with E-state index in [2.05, 4.69) is 39.4 Å². The highest BCUT2D eigenvalue weighted by atomic mass is 19.4. The molecule has 1 saturated heterocycles. The summed E-state index contributed by atoms with van der Waals surface area (Å²) in [6.45, 7) is 3.10. The number of carbonyl (C=O) groups excluding carboxylic acids is 1. The van der Waals surface area contributed by atoms with Crippen LogP contribution in [0.2, 0.25) is 0 Å². The molecule has 1 aliphatic carbocycles. The second kappa shape index (κ2) is 12.2. The van der Waals surface area contributed by atoms with Gasteiger partial charge in [0.2, 0.25) is 5.91 Å². The molecule has 0 radical (unpaired) electrons. The van der Waals surface area contributed by atoms with Crippen LogP contribution in [0.25, 0.3) is 22.3 Å². The van der Waals surface area contributed by atoms with Crippen molar-refractivity contribution in [1.82, 2.24) is 15.2 Å². The Labute approximate surface area is 250 Å². The maximum atomic E-state index is 13.7. The van der Waals surface area contributed by atoms with Crippen molar-refractivity contribution >= 4 is 11.7 Å². The van der Waals surface area contributed by atoms with E-state index < -0.39 is 24.0 Å². The molecule has 0 atom stereocenters. The zero-order valence-electron chi connectivity index (χ0n) is 24.0. The van der Waals surface area contributed by atoms with Crippen molar-refractivity contribution in [2.75, 3.05) is 44.2 Å². The summed E-state index contributed by atoms with van der Waals surface area (Å²) >= 11 is 0. The first-order valence-corrected chi connectivity index (χ1v) is 14.9. The van der Waals surface area contributed by atoms with Crippen molar-refractivity contribution in [3.8, 4) is 22.3 Å². The van der Waals surface area contributed by atoms with Crippen molar-refractivity contribution in [3.05, 3.63) is 108 Å². The molecule has 6 rings (SSSR count). The van der Waals surface area contributed by atoms with Gasteiger partial charge in [0.15, 0.2) is 0 Å². The molecule has 0 bridgehead atoms. The lowest BCUT2D eigenvalue weighted by molar-refractivity contribution is -0.141. The van der Waals surface area contributed by atoms with Crippen LogP contribution in [0, 0.1) is 0 Å². The SMILES string of the molecule is O=C(NCC(F)(F)F)C1(CCCCN2CCN(c3ccc(-c4ccccc4)cn3)CC2)c2ccccc2-c2ccccc21. The standard InChI is InChI=1S/C35H35F3N4O/c36-35(37,38)25-40-33(43)34(30-14-6-4-12-28(30)29-13-5-7-15-31(29)34)18-8-9-19-41-20-22-42(23-21-41)32-17-16-27(24-39-32)26-10-2-1-3-11-26/h1-7,10-17,24H,8-9,18-23,25H2,(H,40,43). The van der Waals surface area contributed by atoms with Gasteiger partial charge in [-0.2, -0.15) is 13.2 Å². The molecule has 1 aromatic heterocycles. The van der Waals surface area contributed by atoms with Crippen molar-refractivity contribution < 1.29 is 18.0 Å². The predicted octanol–water partition coefficient (Wildman–Crippen LogP) is 6.69. The average molecular weight is 585 g/mol. The number of nitrogens with zero attached hydrogens (tertiary/aromatic N) is 3. The zero-order chi connectivity index (χ0) is 29.9. The van der Waals surface area contributed by atoms with E-state index in [0.717, 1.165) is 78.3 Å². The molecule has 1 amide bonds. The van der Waals surface area contributed by atoms with Gasteiger partial charge in [-0.15, -0.1) is 0 Å². The summed E-state index contributed by atoms with van der Waals surface area (Å²) in [4.78, 5) is 23.1. The Kier molecular flexibility index (Phi) is 8.21. The molecule has 43 heavy (non-hydrogen) atoms. The smallest absolute Gasteiger partial charge is 0.354 e. The zero-order valence-corrected chi connectivity index (χ0v) is 24.0. The highest BCUT2D eigenvalue weighted by molar-refractivity contribution is 6.00.